The van der Waals surface area contributed by atoms with Gasteiger partial charge in [0.2, 0.25) is 0 Å². The number of halogens is 1. The lowest BCUT2D eigenvalue weighted by Crippen LogP contribution is -2.61. The molecule has 0 atom stereocenters. The van der Waals surface area contributed by atoms with Crippen LogP contribution in [0.5, 0.6) is 0 Å². The molecule has 0 aliphatic carbocycles. The Morgan fingerprint density at radius 2 is 1.96 bits per heavy atom. The molecule has 7 nitrogen and oxygen atoms in total. The van der Waals surface area contributed by atoms with E-state index in [0.29, 0.717) is 29.4 Å². The predicted molar refractivity (Wildman–Crippen MR) is 97.6 cm³/mol. The summed E-state index contributed by atoms with van der Waals surface area (Å²) in [6.45, 7) is 6.32. The van der Waals surface area contributed by atoms with Gasteiger partial charge in [-0.05, 0) is 32.9 Å². The topological polar surface area (TPSA) is 76.5 Å². The van der Waals surface area contributed by atoms with Crippen LogP contribution in [0.1, 0.15) is 31.1 Å². The van der Waals surface area contributed by atoms with Crippen LogP contribution in [-0.4, -0.2) is 51.4 Å². The first-order chi connectivity index (χ1) is 12.2. The molecule has 138 valence electrons. The first-order valence-corrected chi connectivity index (χ1v) is 8.69. The van der Waals surface area contributed by atoms with Crippen LogP contribution in [0.15, 0.2) is 36.7 Å². The molecule has 0 spiro atoms. The zero-order valence-corrected chi connectivity index (χ0v) is 15.7. The predicted octanol–water partition coefficient (Wildman–Crippen LogP) is 2.87. The number of amides is 2. The van der Waals surface area contributed by atoms with E-state index in [4.69, 9.17) is 16.3 Å². The molecule has 1 aromatic carbocycles. The van der Waals surface area contributed by atoms with Crippen molar-refractivity contribution in [2.45, 2.75) is 32.4 Å². The van der Waals surface area contributed by atoms with Crippen molar-refractivity contribution in [3.05, 3.63) is 47.2 Å². The first-order valence-electron chi connectivity index (χ1n) is 8.31. The van der Waals surface area contributed by atoms with Gasteiger partial charge in [0.1, 0.15) is 5.60 Å². The summed E-state index contributed by atoms with van der Waals surface area (Å²) in [5.41, 5.74) is 0.604. The Kier molecular flexibility index (Phi) is 4.91. The van der Waals surface area contributed by atoms with Gasteiger partial charge >= 0.3 is 6.09 Å². The Labute approximate surface area is 156 Å². The lowest BCUT2D eigenvalue weighted by molar-refractivity contribution is 0.00533. The Morgan fingerprint density at radius 1 is 1.27 bits per heavy atom. The summed E-state index contributed by atoms with van der Waals surface area (Å²) in [7, 11) is 0. The molecule has 1 saturated heterocycles. The molecule has 1 fully saturated rings. The monoisotopic (exact) mass is 376 g/mol. The second-order valence-corrected chi connectivity index (χ2v) is 7.59. The Balaban J connectivity index is 1.54. The van der Waals surface area contributed by atoms with E-state index in [1.54, 1.807) is 21.8 Å². The van der Waals surface area contributed by atoms with Crippen LogP contribution >= 0.6 is 11.6 Å². The Morgan fingerprint density at radius 3 is 2.62 bits per heavy atom. The first kappa shape index (κ1) is 18.3. The summed E-state index contributed by atoms with van der Waals surface area (Å²) in [4.78, 5) is 25.8. The summed E-state index contributed by atoms with van der Waals surface area (Å²) in [6.07, 6.45) is 2.75. The molecule has 2 aromatic rings. The molecule has 1 aromatic heterocycles. The molecule has 0 bridgehead atoms. The van der Waals surface area contributed by atoms with Gasteiger partial charge in [0.05, 0.1) is 28.5 Å². The minimum Gasteiger partial charge on any atom is -0.444 e. The van der Waals surface area contributed by atoms with E-state index in [1.165, 1.54) is 6.20 Å². The molecule has 1 N–H and O–H groups in total. The minimum absolute atomic E-state index is 0.0984. The number of nitrogens with one attached hydrogen (secondary N) is 1. The van der Waals surface area contributed by atoms with Gasteiger partial charge in [-0.15, -0.1) is 0 Å². The van der Waals surface area contributed by atoms with Gasteiger partial charge in [0.25, 0.3) is 5.91 Å². The van der Waals surface area contributed by atoms with Crippen LogP contribution < -0.4 is 5.32 Å². The molecule has 8 heteroatoms. The highest BCUT2D eigenvalue weighted by atomic mass is 35.5. The average Bonchev–Trinajstić information content (AvgIpc) is 2.98. The zero-order valence-electron chi connectivity index (χ0n) is 14.9. The third-order valence-corrected chi connectivity index (χ3v) is 4.13. The number of likely N-dealkylation sites (tertiary alicyclic amines) is 1. The van der Waals surface area contributed by atoms with Gasteiger partial charge in [-0.3, -0.25) is 4.79 Å². The molecule has 2 amide bonds. The van der Waals surface area contributed by atoms with E-state index in [2.05, 4.69) is 10.4 Å². The van der Waals surface area contributed by atoms with Crippen molar-refractivity contribution in [3.63, 3.8) is 0 Å². The summed E-state index contributed by atoms with van der Waals surface area (Å²) in [5, 5.41) is 7.63. The Bertz CT molecular complexity index is 822. The molecule has 26 heavy (non-hydrogen) atoms. The zero-order chi connectivity index (χ0) is 18.9. The van der Waals surface area contributed by atoms with Gasteiger partial charge in [-0.2, -0.15) is 5.10 Å². The van der Waals surface area contributed by atoms with Gasteiger partial charge in [-0.25, -0.2) is 9.48 Å². The van der Waals surface area contributed by atoms with E-state index < -0.39 is 5.60 Å². The van der Waals surface area contributed by atoms with Crippen molar-refractivity contribution < 1.29 is 14.3 Å². The number of carbonyl (C=O) groups excluding carboxylic acids is 2. The molecular weight excluding hydrogens is 356 g/mol. The third-order valence-electron chi connectivity index (χ3n) is 3.81. The van der Waals surface area contributed by atoms with E-state index in [1.807, 2.05) is 39.0 Å². The van der Waals surface area contributed by atoms with Gasteiger partial charge in [0.15, 0.2) is 0 Å². The SMILES string of the molecule is CC(C)(C)OC(=O)N1CC(NC(=O)c2cnn(-c3ccccc3Cl)c2)C1. The molecule has 0 saturated carbocycles. The smallest absolute Gasteiger partial charge is 0.410 e. The fraction of sp³-hybridized carbons (Fsp3) is 0.389. The number of hydrogen-bond acceptors (Lipinski definition) is 4. The summed E-state index contributed by atoms with van der Waals surface area (Å²) in [6, 6.07) is 7.16. The van der Waals surface area contributed by atoms with Gasteiger partial charge in [-0.1, -0.05) is 23.7 Å². The molecular formula is C18H21ClN4O3. The highest BCUT2D eigenvalue weighted by molar-refractivity contribution is 6.32. The maximum Gasteiger partial charge on any atom is 0.410 e. The van der Waals surface area contributed by atoms with Gasteiger partial charge in [0, 0.05) is 19.3 Å². The van der Waals surface area contributed by atoms with E-state index in [0.717, 1.165) is 0 Å². The number of hydrogen-bond donors (Lipinski definition) is 1. The molecule has 0 unspecified atom stereocenters. The lowest BCUT2D eigenvalue weighted by Gasteiger charge is -2.39. The van der Waals surface area contributed by atoms with Crippen molar-refractivity contribution >= 4 is 23.6 Å². The highest BCUT2D eigenvalue weighted by Gasteiger charge is 2.34. The quantitative estimate of drug-likeness (QED) is 0.893. The maximum absolute atomic E-state index is 12.4. The number of carbonyl (C=O) groups is 2. The van der Waals surface area contributed by atoms with Crippen molar-refractivity contribution in [2.24, 2.45) is 0 Å². The Hall–Kier alpha value is -2.54. The van der Waals surface area contributed by atoms with Crippen molar-refractivity contribution in [2.75, 3.05) is 13.1 Å². The standard InChI is InChI=1S/C18H21ClN4O3/c1-18(2,3)26-17(25)22-10-13(11-22)21-16(24)12-8-20-23(9-12)15-7-5-4-6-14(15)19/h4-9,13H,10-11H2,1-3H3,(H,21,24). The second kappa shape index (κ2) is 6.99. The molecule has 1 aliphatic rings. The molecule has 2 heterocycles. The van der Waals surface area contributed by atoms with Crippen LogP contribution in [0, 0.1) is 0 Å². The normalized spacial score (nSPS) is 14.7. The van der Waals surface area contributed by atoms with Crippen LogP contribution in [0.4, 0.5) is 4.79 Å². The van der Waals surface area contributed by atoms with Crippen LogP contribution in [0.25, 0.3) is 5.69 Å². The number of benzene rings is 1. The van der Waals surface area contributed by atoms with Crippen molar-refractivity contribution in [1.29, 1.82) is 0 Å². The molecule has 1 aliphatic heterocycles. The van der Waals surface area contributed by atoms with Crippen molar-refractivity contribution in [1.82, 2.24) is 20.0 Å². The van der Waals surface area contributed by atoms with Crippen molar-refractivity contribution in [3.8, 4) is 5.69 Å². The summed E-state index contributed by atoms with van der Waals surface area (Å²) in [5.74, 6) is -0.239. The third kappa shape index (κ3) is 4.16. The van der Waals surface area contributed by atoms with Crippen LogP contribution in [0.2, 0.25) is 5.02 Å². The van der Waals surface area contributed by atoms with E-state index in [-0.39, 0.29) is 18.0 Å². The number of nitrogens with zero attached hydrogens (tertiary/aromatic N) is 3. The maximum atomic E-state index is 12.4. The van der Waals surface area contributed by atoms with Gasteiger partial charge < -0.3 is 15.0 Å². The largest absolute Gasteiger partial charge is 0.444 e. The minimum atomic E-state index is -0.529. The number of aromatic nitrogens is 2. The van der Waals surface area contributed by atoms with Crippen LogP contribution in [0.3, 0.4) is 0 Å². The molecule has 3 rings (SSSR count). The highest BCUT2D eigenvalue weighted by Crippen LogP contribution is 2.20. The summed E-state index contributed by atoms with van der Waals surface area (Å²) >= 11 is 6.14. The average molecular weight is 377 g/mol. The van der Waals surface area contributed by atoms with E-state index >= 15 is 0 Å². The number of para-hydroxylation sites is 1. The van der Waals surface area contributed by atoms with Crippen LogP contribution in [-0.2, 0) is 4.74 Å². The second-order valence-electron chi connectivity index (χ2n) is 7.18. The summed E-state index contributed by atoms with van der Waals surface area (Å²) < 4.78 is 6.85. The van der Waals surface area contributed by atoms with E-state index in [9.17, 15) is 9.59 Å². The number of rotatable bonds is 3. The fourth-order valence-corrected chi connectivity index (χ4v) is 2.75. The lowest BCUT2D eigenvalue weighted by atomic mass is 10.1. The fourth-order valence-electron chi connectivity index (χ4n) is 2.52. The number of ether oxygens (including phenoxy) is 1. The molecule has 0 radical (unpaired) electrons.